The van der Waals surface area contributed by atoms with Gasteiger partial charge in [0.2, 0.25) is 11.8 Å². The Hall–Kier alpha value is -2.45. The van der Waals surface area contributed by atoms with Gasteiger partial charge in [0.05, 0.1) is 23.7 Å². The Balaban J connectivity index is 1.56. The molecule has 1 fully saturated rings. The number of likely N-dealkylation sites (N-methyl/N-ethyl adjacent to an activating group) is 1. The summed E-state index contributed by atoms with van der Waals surface area (Å²) < 4.78 is 6.63. The van der Waals surface area contributed by atoms with Crippen LogP contribution in [0.1, 0.15) is 10.4 Å². The van der Waals surface area contributed by atoms with E-state index in [1.165, 1.54) is 16.7 Å². The largest absolute Gasteiger partial charge is 0.479 e. The summed E-state index contributed by atoms with van der Waals surface area (Å²) in [4.78, 5) is 30.6. The number of hydrogen-bond acceptors (Lipinski definition) is 5. The molecular formula is C19H23Cl2N5O3. The molecule has 2 aromatic rings. The van der Waals surface area contributed by atoms with Crippen molar-refractivity contribution in [1.29, 1.82) is 0 Å². The number of amides is 2. The normalized spacial score (nSPS) is 14.1. The fourth-order valence-corrected chi connectivity index (χ4v) is 3.53. The first-order valence-electron chi connectivity index (χ1n) is 9.11. The fourth-order valence-electron chi connectivity index (χ4n) is 3.24. The maximum absolute atomic E-state index is 12.7. The molecule has 0 unspecified atom stereocenters. The lowest BCUT2D eigenvalue weighted by atomic mass is 10.2. The molecule has 8 nitrogen and oxygen atoms in total. The third kappa shape index (κ3) is 4.76. The third-order valence-corrected chi connectivity index (χ3v) is 5.58. The molecule has 0 saturated carbocycles. The van der Waals surface area contributed by atoms with Crippen molar-refractivity contribution in [2.24, 2.45) is 7.05 Å². The Labute approximate surface area is 179 Å². The van der Waals surface area contributed by atoms with Crippen molar-refractivity contribution in [3.8, 4) is 5.88 Å². The maximum Gasteiger partial charge on any atom is 0.261 e. The summed E-state index contributed by atoms with van der Waals surface area (Å²) >= 11 is 12.1. The zero-order chi connectivity index (χ0) is 21.1. The standard InChI is InChI=1S/C19H23Cl2N5O3/c1-23(19(28)14-11-24(2)22-18(14)29-3)12-17(27)26-8-6-25(7-9-26)13-4-5-15(20)16(21)10-13/h4-5,10-11H,6-9,12H2,1-3H3. The molecule has 10 heteroatoms. The smallest absolute Gasteiger partial charge is 0.261 e. The second-order valence-corrected chi connectivity index (χ2v) is 7.67. The number of carbonyl (C=O) groups excluding carboxylic acids is 2. The number of aryl methyl sites for hydroxylation is 1. The molecule has 0 spiro atoms. The van der Waals surface area contributed by atoms with E-state index in [4.69, 9.17) is 27.9 Å². The van der Waals surface area contributed by atoms with Gasteiger partial charge in [0.1, 0.15) is 5.56 Å². The van der Waals surface area contributed by atoms with E-state index in [2.05, 4.69) is 10.00 Å². The van der Waals surface area contributed by atoms with Crippen LogP contribution in [0, 0.1) is 0 Å². The van der Waals surface area contributed by atoms with Gasteiger partial charge in [-0.1, -0.05) is 23.2 Å². The van der Waals surface area contributed by atoms with Gasteiger partial charge in [0, 0.05) is 52.2 Å². The minimum absolute atomic E-state index is 0.0103. The second-order valence-electron chi connectivity index (χ2n) is 6.85. The highest BCUT2D eigenvalue weighted by atomic mass is 35.5. The summed E-state index contributed by atoms with van der Waals surface area (Å²) in [5.41, 5.74) is 1.30. The lowest BCUT2D eigenvalue weighted by Crippen LogP contribution is -2.51. The number of halogens is 2. The predicted molar refractivity (Wildman–Crippen MR) is 112 cm³/mol. The molecule has 1 saturated heterocycles. The van der Waals surface area contributed by atoms with E-state index in [0.29, 0.717) is 41.8 Å². The second kappa shape index (κ2) is 8.92. The zero-order valence-electron chi connectivity index (χ0n) is 16.6. The highest BCUT2D eigenvalue weighted by molar-refractivity contribution is 6.42. The summed E-state index contributed by atoms with van der Waals surface area (Å²) in [7, 11) is 4.76. The Morgan fingerprint density at radius 1 is 1.17 bits per heavy atom. The van der Waals surface area contributed by atoms with Gasteiger partial charge in [-0.2, -0.15) is 0 Å². The topological polar surface area (TPSA) is 70.9 Å². The average Bonchev–Trinajstić information content (AvgIpc) is 3.10. The van der Waals surface area contributed by atoms with Gasteiger partial charge in [-0.25, -0.2) is 0 Å². The number of piperazine rings is 1. The molecule has 156 valence electrons. The zero-order valence-corrected chi connectivity index (χ0v) is 18.1. The maximum atomic E-state index is 12.7. The van der Waals surface area contributed by atoms with E-state index >= 15 is 0 Å². The van der Waals surface area contributed by atoms with E-state index in [1.54, 1.807) is 31.3 Å². The van der Waals surface area contributed by atoms with Crippen molar-refractivity contribution in [2.75, 3.05) is 51.8 Å². The van der Waals surface area contributed by atoms with Crippen LogP contribution in [0.5, 0.6) is 5.88 Å². The molecule has 0 aliphatic carbocycles. The van der Waals surface area contributed by atoms with Gasteiger partial charge in [-0.05, 0) is 18.2 Å². The quantitative estimate of drug-likeness (QED) is 0.713. The van der Waals surface area contributed by atoms with Crippen LogP contribution < -0.4 is 9.64 Å². The van der Waals surface area contributed by atoms with Crippen molar-refractivity contribution < 1.29 is 14.3 Å². The summed E-state index contributed by atoms with van der Waals surface area (Å²) in [6.45, 7) is 2.48. The predicted octanol–water partition coefficient (Wildman–Crippen LogP) is 2.16. The summed E-state index contributed by atoms with van der Waals surface area (Å²) in [5, 5.41) is 5.10. The molecule has 0 N–H and O–H groups in total. The molecular weight excluding hydrogens is 417 g/mol. The molecule has 0 atom stereocenters. The lowest BCUT2D eigenvalue weighted by Gasteiger charge is -2.36. The monoisotopic (exact) mass is 439 g/mol. The van der Waals surface area contributed by atoms with E-state index in [9.17, 15) is 9.59 Å². The first-order chi connectivity index (χ1) is 13.8. The Morgan fingerprint density at radius 2 is 1.86 bits per heavy atom. The SMILES string of the molecule is COc1nn(C)cc1C(=O)N(C)CC(=O)N1CCN(c2ccc(Cl)c(Cl)c2)CC1. The molecule has 1 aromatic carbocycles. The molecule has 1 aliphatic rings. The van der Waals surface area contributed by atoms with Crippen molar-refractivity contribution >= 4 is 40.7 Å². The number of rotatable bonds is 5. The number of benzene rings is 1. The van der Waals surface area contributed by atoms with Gasteiger partial charge in [0.15, 0.2) is 0 Å². The number of ether oxygens (including phenoxy) is 1. The molecule has 1 aliphatic heterocycles. The molecule has 29 heavy (non-hydrogen) atoms. The van der Waals surface area contributed by atoms with E-state index in [1.807, 2.05) is 12.1 Å². The van der Waals surface area contributed by atoms with Gasteiger partial charge in [-0.15, -0.1) is 5.10 Å². The van der Waals surface area contributed by atoms with Crippen LogP contribution in [-0.2, 0) is 11.8 Å². The molecule has 2 amide bonds. The number of hydrogen-bond donors (Lipinski definition) is 0. The minimum atomic E-state index is -0.308. The lowest BCUT2D eigenvalue weighted by molar-refractivity contribution is -0.131. The average molecular weight is 440 g/mol. The van der Waals surface area contributed by atoms with E-state index in [-0.39, 0.29) is 24.2 Å². The minimum Gasteiger partial charge on any atom is -0.479 e. The number of anilines is 1. The molecule has 1 aromatic heterocycles. The van der Waals surface area contributed by atoms with Gasteiger partial charge in [0.25, 0.3) is 5.91 Å². The summed E-state index contributed by atoms with van der Waals surface area (Å²) in [6, 6.07) is 5.51. The van der Waals surface area contributed by atoms with E-state index < -0.39 is 0 Å². The molecule has 2 heterocycles. The van der Waals surface area contributed by atoms with Gasteiger partial charge in [-0.3, -0.25) is 14.3 Å². The van der Waals surface area contributed by atoms with Crippen LogP contribution in [0.15, 0.2) is 24.4 Å². The van der Waals surface area contributed by atoms with Crippen LogP contribution in [0.3, 0.4) is 0 Å². The van der Waals surface area contributed by atoms with Crippen molar-refractivity contribution in [1.82, 2.24) is 19.6 Å². The Bertz CT molecular complexity index is 909. The Kier molecular flexibility index (Phi) is 6.54. The Morgan fingerprint density at radius 3 is 2.48 bits per heavy atom. The first kappa shape index (κ1) is 21.3. The highest BCUT2D eigenvalue weighted by Gasteiger charge is 2.26. The molecule has 3 rings (SSSR count). The summed E-state index contributed by atoms with van der Waals surface area (Å²) in [6.07, 6.45) is 1.58. The van der Waals surface area contributed by atoms with Crippen molar-refractivity contribution in [2.45, 2.75) is 0 Å². The van der Waals surface area contributed by atoms with Crippen LogP contribution in [0.4, 0.5) is 5.69 Å². The first-order valence-corrected chi connectivity index (χ1v) is 9.86. The van der Waals surface area contributed by atoms with Crippen LogP contribution in [0.2, 0.25) is 10.0 Å². The van der Waals surface area contributed by atoms with Crippen molar-refractivity contribution in [3.63, 3.8) is 0 Å². The number of nitrogens with zero attached hydrogens (tertiary/aromatic N) is 5. The fraction of sp³-hybridized carbons (Fsp3) is 0.421. The molecule has 0 bridgehead atoms. The van der Waals surface area contributed by atoms with Crippen LogP contribution in [-0.4, -0.2) is 78.3 Å². The van der Waals surface area contributed by atoms with Crippen LogP contribution >= 0.6 is 23.2 Å². The highest BCUT2D eigenvalue weighted by Crippen LogP contribution is 2.27. The van der Waals surface area contributed by atoms with Crippen molar-refractivity contribution in [3.05, 3.63) is 40.0 Å². The van der Waals surface area contributed by atoms with E-state index in [0.717, 1.165) is 5.69 Å². The molecule has 0 radical (unpaired) electrons. The van der Waals surface area contributed by atoms with Crippen LogP contribution in [0.25, 0.3) is 0 Å². The third-order valence-electron chi connectivity index (χ3n) is 4.84. The summed E-state index contributed by atoms with van der Waals surface area (Å²) in [5.74, 6) is -0.165. The van der Waals surface area contributed by atoms with Gasteiger partial charge < -0.3 is 19.4 Å². The van der Waals surface area contributed by atoms with Gasteiger partial charge >= 0.3 is 0 Å². The number of carbonyl (C=O) groups is 2. The number of aromatic nitrogens is 2. The number of methoxy groups -OCH3 is 1.